The molecule has 2 aromatic rings. The maximum atomic E-state index is 13.9. The van der Waals surface area contributed by atoms with Gasteiger partial charge in [0, 0.05) is 11.8 Å². The predicted octanol–water partition coefficient (Wildman–Crippen LogP) is 4.58. The van der Waals surface area contributed by atoms with Crippen LogP contribution in [0, 0.1) is 6.92 Å². The molecule has 0 bridgehead atoms. The molecule has 244 valence electrons. The van der Waals surface area contributed by atoms with E-state index in [0.29, 0.717) is 5.56 Å². The molecule has 3 heterocycles. The standard InChI is InChI=1S/C30H47N3O8SSi2/c1-19-17-33(27(35)32-25(19)34)26-24(40-44(10,11)29(5,6)7)30(21(39-26)18-38-43(8,9)28(2,3)4)23(31)22(42(36,37)41-30)20-15-13-12-14-16-20/h12-17,21,24,26H,18,31H2,1-11H3,(H,32,34,35)/t21-,24+,26-,30+/m1/s1. The van der Waals surface area contributed by atoms with Crippen LogP contribution in [0.5, 0.6) is 0 Å². The number of rotatable bonds is 7. The molecular formula is C30H47N3O8SSi2. The molecule has 0 aliphatic carbocycles. The van der Waals surface area contributed by atoms with Crippen molar-refractivity contribution in [3.05, 3.63) is 74.2 Å². The third-order valence-electron chi connectivity index (χ3n) is 9.71. The van der Waals surface area contributed by atoms with Crippen LogP contribution in [-0.4, -0.2) is 59.0 Å². The number of nitrogens with one attached hydrogen (secondary N) is 1. The Kier molecular flexibility index (Phi) is 8.77. The molecule has 2 aliphatic rings. The number of H-pyrrole nitrogens is 1. The van der Waals surface area contributed by atoms with Crippen molar-refractivity contribution in [1.82, 2.24) is 9.55 Å². The van der Waals surface area contributed by atoms with Gasteiger partial charge in [-0.05, 0) is 48.8 Å². The average Bonchev–Trinajstić information content (AvgIpc) is 3.28. The highest BCUT2D eigenvalue weighted by molar-refractivity contribution is 7.96. The first kappa shape index (κ1) is 34.5. The molecule has 14 heteroatoms. The Morgan fingerprint density at radius 1 is 1.00 bits per heavy atom. The van der Waals surface area contributed by atoms with Crippen LogP contribution in [-0.2, 0) is 27.9 Å². The number of hydrogen-bond donors (Lipinski definition) is 2. The van der Waals surface area contributed by atoms with Crippen LogP contribution in [0.3, 0.4) is 0 Å². The highest BCUT2D eigenvalue weighted by Crippen LogP contribution is 2.55. The fourth-order valence-electron chi connectivity index (χ4n) is 4.92. The second-order valence-corrected chi connectivity index (χ2v) is 25.9. The zero-order valence-corrected chi connectivity index (χ0v) is 30.4. The predicted molar refractivity (Wildman–Crippen MR) is 175 cm³/mol. The maximum Gasteiger partial charge on any atom is 0.330 e. The number of nitrogens with two attached hydrogens (primary N) is 1. The van der Waals surface area contributed by atoms with E-state index in [4.69, 9.17) is 23.5 Å². The smallest absolute Gasteiger partial charge is 0.330 e. The van der Waals surface area contributed by atoms with E-state index in [1.165, 1.54) is 10.8 Å². The highest BCUT2D eigenvalue weighted by atomic mass is 32.2. The van der Waals surface area contributed by atoms with Gasteiger partial charge >= 0.3 is 15.8 Å². The normalized spacial score (nSPS) is 26.1. The lowest BCUT2D eigenvalue weighted by Crippen LogP contribution is -2.59. The molecule has 1 fully saturated rings. The van der Waals surface area contributed by atoms with Crippen LogP contribution in [0.2, 0.25) is 36.3 Å². The van der Waals surface area contributed by atoms with Gasteiger partial charge in [0.25, 0.3) is 5.56 Å². The number of aromatic amines is 1. The van der Waals surface area contributed by atoms with E-state index in [2.05, 4.69) is 38.8 Å². The van der Waals surface area contributed by atoms with Crippen molar-refractivity contribution in [2.45, 2.75) is 109 Å². The summed E-state index contributed by atoms with van der Waals surface area (Å²) >= 11 is 0. The van der Waals surface area contributed by atoms with Gasteiger partial charge in [-0.3, -0.25) is 14.3 Å². The zero-order valence-electron chi connectivity index (χ0n) is 27.6. The quantitative estimate of drug-likeness (QED) is 0.320. The number of hydrogen-bond acceptors (Lipinski definition) is 9. The van der Waals surface area contributed by atoms with Crippen LogP contribution in [0.15, 0.2) is 51.8 Å². The molecule has 1 aromatic carbocycles. The molecule has 11 nitrogen and oxygen atoms in total. The minimum Gasteiger partial charge on any atom is -0.414 e. The lowest BCUT2D eigenvalue weighted by atomic mass is 9.87. The lowest BCUT2D eigenvalue weighted by Gasteiger charge is -2.43. The summed E-state index contributed by atoms with van der Waals surface area (Å²) in [6, 6.07) is 8.51. The number of nitrogens with zero attached hydrogens (tertiary/aromatic N) is 1. The summed E-state index contributed by atoms with van der Waals surface area (Å²) in [7, 11) is -9.56. The van der Waals surface area contributed by atoms with Crippen molar-refractivity contribution in [2.75, 3.05) is 6.61 Å². The Labute approximate surface area is 262 Å². The SMILES string of the molecule is Cc1cn([C@@H]2O[C@H](CO[Si](C)(C)C(C)(C)C)[C@@]3(OS(=O)(=O)C(c4ccccc4)=C3N)[C@H]2O[Si](C)(C)C(C)(C)C)c(=O)[nH]c1=O. The first-order valence-electron chi connectivity index (χ1n) is 14.8. The number of benzene rings is 1. The first-order valence-corrected chi connectivity index (χ1v) is 22.0. The van der Waals surface area contributed by atoms with Crippen molar-refractivity contribution in [3.8, 4) is 0 Å². The van der Waals surface area contributed by atoms with Crippen LogP contribution < -0.4 is 17.0 Å². The van der Waals surface area contributed by atoms with Gasteiger partial charge in [-0.15, -0.1) is 0 Å². The van der Waals surface area contributed by atoms with Crippen LogP contribution in [0.4, 0.5) is 0 Å². The van der Waals surface area contributed by atoms with E-state index in [1.807, 2.05) is 33.9 Å². The number of aromatic nitrogens is 2. The van der Waals surface area contributed by atoms with E-state index in [-0.39, 0.29) is 32.8 Å². The van der Waals surface area contributed by atoms with E-state index in [9.17, 15) is 18.0 Å². The average molecular weight is 666 g/mol. The molecule has 2 aliphatic heterocycles. The Morgan fingerprint density at radius 2 is 1.57 bits per heavy atom. The molecule has 44 heavy (non-hydrogen) atoms. The molecule has 0 amide bonds. The monoisotopic (exact) mass is 665 g/mol. The van der Waals surface area contributed by atoms with E-state index in [1.54, 1.807) is 37.3 Å². The summed E-state index contributed by atoms with van der Waals surface area (Å²) in [5, 5.41) is -0.486. The molecule has 4 rings (SSSR count). The number of ether oxygens (including phenoxy) is 1. The van der Waals surface area contributed by atoms with Gasteiger partial charge < -0.3 is 19.3 Å². The third kappa shape index (κ3) is 5.85. The van der Waals surface area contributed by atoms with Crippen LogP contribution in [0.1, 0.15) is 58.9 Å². The molecule has 1 spiro atoms. The van der Waals surface area contributed by atoms with Gasteiger partial charge in [-0.2, -0.15) is 8.42 Å². The minimum atomic E-state index is -4.43. The summed E-state index contributed by atoms with van der Waals surface area (Å²) in [4.78, 5) is 27.8. The van der Waals surface area contributed by atoms with Crippen molar-refractivity contribution < 1.29 is 26.2 Å². The second kappa shape index (κ2) is 11.2. The molecule has 0 unspecified atom stereocenters. The van der Waals surface area contributed by atoms with E-state index in [0.717, 1.165) is 0 Å². The molecule has 1 aromatic heterocycles. The lowest BCUT2D eigenvalue weighted by molar-refractivity contribution is -0.0563. The van der Waals surface area contributed by atoms with E-state index >= 15 is 0 Å². The summed E-state index contributed by atoms with van der Waals surface area (Å²) in [6.45, 7) is 22.1. The van der Waals surface area contributed by atoms with Crippen molar-refractivity contribution in [3.63, 3.8) is 0 Å². The van der Waals surface area contributed by atoms with Crippen LogP contribution in [0.25, 0.3) is 4.91 Å². The topological polar surface area (TPSA) is 152 Å². The summed E-state index contributed by atoms with van der Waals surface area (Å²) in [6.07, 6.45) is -2.11. The van der Waals surface area contributed by atoms with Gasteiger partial charge in [0.2, 0.25) is 0 Å². The minimum absolute atomic E-state index is 0.0697. The highest BCUT2D eigenvalue weighted by Gasteiger charge is 2.69. The van der Waals surface area contributed by atoms with Gasteiger partial charge in [0.15, 0.2) is 28.5 Å². The fraction of sp³-hybridized carbons (Fsp3) is 0.600. The fourth-order valence-corrected chi connectivity index (χ4v) is 8.80. The van der Waals surface area contributed by atoms with Crippen LogP contribution >= 0.6 is 0 Å². The molecule has 3 N–H and O–H groups in total. The van der Waals surface area contributed by atoms with E-state index < -0.39 is 62.0 Å². The summed E-state index contributed by atoms with van der Waals surface area (Å²) in [5.74, 6) is 0. The molecule has 4 atom stereocenters. The Hall–Kier alpha value is -2.34. The molecule has 0 radical (unpaired) electrons. The van der Waals surface area contributed by atoms with Crippen molar-refractivity contribution in [2.24, 2.45) is 5.73 Å². The largest absolute Gasteiger partial charge is 0.414 e. The zero-order chi connectivity index (χ0) is 33.3. The third-order valence-corrected chi connectivity index (χ3v) is 20.1. The Bertz CT molecular complexity index is 1670. The van der Waals surface area contributed by atoms with Gasteiger partial charge in [-0.25, -0.2) is 8.98 Å². The Morgan fingerprint density at radius 3 is 2.11 bits per heavy atom. The molecule has 0 saturated carbocycles. The molecule has 1 saturated heterocycles. The Balaban J connectivity index is 2.03. The summed E-state index contributed by atoms with van der Waals surface area (Å²) < 4.78 is 55.5. The second-order valence-electron chi connectivity index (χ2n) is 14.8. The van der Waals surface area contributed by atoms with Crippen molar-refractivity contribution in [1.29, 1.82) is 0 Å². The number of aryl methyl sites for hydroxylation is 1. The van der Waals surface area contributed by atoms with Gasteiger partial charge in [0.1, 0.15) is 17.1 Å². The van der Waals surface area contributed by atoms with Crippen molar-refractivity contribution >= 4 is 31.7 Å². The summed E-state index contributed by atoms with van der Waals surface area (Å²) in [5.41, 5.74) is 4.33. The maximum absolute atomic E-state index is 13.9. The van der Waals surface area contributed by atoms with Gasteiger partial charge in [-0.1, -0.05) is 71.9 Å². The first-order chi connectivity index (χ1) is 20.0. The van der Waals surface area contributed by atoms with Gasteiger partial charge in [0.05, 0.1) is 12.3 Å². The molecular weight excluding hydrogens is 619 g/mol.